The summed E-state index contributed by atoms with van der Waals surface area (Å²) in [4.78, 5) is 27.0. The largest absolute Gasteiger partial charge is 0.454 e. The summed E-state index contributed by atoms with van der Waals surface area (Å²) < 4.78 is 23.7. The van der Waals surface area contributed by atoms with Gasteiger partial charge in [0.15, 0.2) is 11.5 Å². The molecule has 9 nitrogen and oxygen atoms in total. The number of aromatic nitrogens is 2. The van der Waals surface area contributed by atoms with Crippen LogP contribution in [0.15, 0.2) is 42.5 Å². The Labute approximate surface area is 186 Å². The maximum absolute atomic E-state index is 13.1. The van der Waals surface area contributed by atoms with E-state index in [-0.39, 0.29) is 29.7 Å². The first-order chi connectivity index (χ1) is 15.6. The number of anilines is 2. The number of fused-ring (bicyclic) bond motifs is 1. The van der Waals surface area contributed by atoms with Gasteiger partial charge < -0.3 is 25.0 Å². The van der Waals surface area contributed by atoms with Gasteiger partial charge in [-0.25, -0.2) is 9.18 Å². The van der Waals surface area contributed by atoms with Crippen LogP contribution in [-0.4, -0.2) is 40.4 Å². The van der Waals surface area contributed by atoms with Gasteiger partial charge in [-0.15, -0.1) is 10.2 Å². The van der Waals surface area contributed by atoms with Gasteiger partial charge in [0.25, 0.3) is 5.91 Å². The number of carbonyl (C=O) groups is 2. The van der Waals surface area contributed by atoms with Crippen molar-refractivity contribution in [1.29, 1.82) is 0 Å². The third kappa shape index (κ3) is 4.06. The van der Waals surface area contributed by atoms with Crippen molar-refractivity contribution < 1.29 is 23.5 Å². The highest BCUT2D eigenvalue weighted by atomic mass is 32.1. The number of hydrogen-bond donors (Lipinski definition) is 2. The van der Waals surface area contributed by atoms with Crippen LogP contribution in [-0.2, 0) is 0 Å². The van der Waals surface area contributed by atoms with E-state index in [1.807, 2.05) is 0 Å². The van der Waals surface area contributed by atoms with Gasteiger partial charge in [0.05, 0.1) is 6.04 Å². The molecule has 3 aromatic rings. The maximum Gasteiger partial charge on any atom is 0.322 e. The van der Waals surface area contributed by atoms with Gasteiger partial charge in [0, 0.05) is 24.0 Å². The summed E-state index contributed by atoms with van der Waals surface area (Å²) in [6.45, 7) is 0.703. The Morgan fingerprint density at radius 2 is 1.81 bits per heavy atom. The monoisotopic (exact) mass is 455 g/mol. The van der Waals surface area contributed by atoms with Crippen molar-refractivity contribution in [2.45, 2.75) is 18.9 Å². The van der Waals surface area contributed by atoms with Crippen molar-refractivity contribution >= 4 is 34.6 Å². The normalized spacial score (nSPS) is 16.8. The molecule has 0 saturated carbocycles. The molecule has 1 aromatic heterocycles. The van der Waals surface area contributed by atoms with Crippen molar-refractivity contribution in [2.75, 3.05) is 24.0 Å². The zero-order valence-corrected chi connectivity index (χ0v) is 17.5. The molecule has 3 heterocycles. The van der Waals surface area contributed by atoms with Crippen molar-refractivity contribution in [3.05, 3.63) is 58.3 Å². The summed E-state index contributed by atoms with van der Waals surface area (Å²) in [7, 11) is 0. The molecule has 1 atom stereocenters. The molecule has 2 aromatic carbocycles. The van der Waals surface area contributed by atoms with Crippen LogP contribution < -0.4 is 20.1 Å². The number of likely N-dealkylation sites (tertiary alicyclic amines) is 1. The second-order valence-electron chi connectivity index (χ2n) is 7.26. The lowest BCUT2D eigenvalue weighted by molar-refractivity contribution is 0.102. The van der Waals surface area contributed by atoms with E-state index in [9.17, 15) is 14.0 Å². The standard InChI is InChI=1S/C21H18FN5O4S/c22-12-3-5-13(6-4-12)24-21(29)27-9-1-2-15(27)19-25-26-20(32-19)18(28)23-14-7-8-16-17(10-14)31-11-30-16/h3-8,10,15H,1-2,9,11H2,(H,23,28)(H,24,29). The first-order valence-electron chi connectivity index (χ1n) is 9.94. The number of hydrogen-bond acceptors (Lipinski definition) is 7. The van der Waals surface area contributed by atoms with E-state index in [0.717, 1.165) is 24.2 Å². The molecule has 2 aliphatic heterocycles. The first kappa shape index (κ1) is 20.2. The van der Waals surface area contributed by atoms with Crippen LogP contribution in [0, 0.1) is 5.82 Å². The van der Waals surface area contributed by atoms with Gasteiger partial charge in [-0.05, 0) is 49.2 Å². The van der Waals surface area contributed by atoms with Gasteiger partial charge in [0.2, 0.25) is 11.8 Å². The molecule has 0 bridgehead atoms. The molecule has 11 heteroatoms. The molecule has 2 N–H and O–H groups in total. The Morgan fingerprint density at radius 3 is 2.66 bits per heavy atom. The van der Waals surface area contributed by atoms with Crippen molar-refractivity contribution in [3.8, 4) is 11.5 Å². The molecule has 1 saturated heterocycles. The Morgan fingerprint density at radius 1 is 1.03 bits per heavy atom. The Bertz CT molecular complexity index is 1170. The minimum absolute atomic E-state index is 0.152. The number of benzene rings is 2. The fourth-order valence-electron chi connectivity index (χ4n) is 3.61. The third-order valence-electron chi connectivity index (χ3n) is 5.16. The predicted molar refractivity (Wildman–Crippen MR) is 115 cm³/mol. The fraction of sp³-hybridized carbons (Fsp3) is 0.238. The number of urea groups is 1. The average molecular weight is 455 g/mol. The Hall–Kier alpha value is -3.73. The molecule has 3 amide bonds. The summed E-state index contributed by atoms with van der Waals surface area (Å²) in [5.74, 6) is 0.423. The van der Waals surface area contributed by atoms with E-state index in [1.54, 1.807) is 23.1 Å². The molecule has 5 rings (SSSR count). The van der Waals surface area contributed by atoms with E-state index >= 15 is 0 Å². The molecule has 164 valence electrons. The minimum Gasteiger partial charge on any atom is -0.454 e. The number of carbonyl (C=O) groups excluding carboxylic acids is 2. The average Bonchev–Trinajstić information content (AvgIpc) is 3.54. The van der Waals surface area contributed by atoms with Crippen LogP contribution >= 0.6 is 11.3 Å². The maximum atomic E-state index is 13.1. The smallest absolute Gasteiger partial charge is 0.322 e. The van der Waals surface area contributed by atoms with Crippen molar-refractivity contribution in [3.63, 3.8) is 0 Å². The second kappa shape index (κ2) is 8.42. The SMILES string of the molecule is O=C(Nc1ccc2c(c1)OCO2)c1nnc(C2CCCN2C(=O)Nc2ccc(F)cc2)s1. The topological polar surface area (TPSA) is 106 Å². The van der Waals surface area contributed by atoms with Gasteiger partial charge in [-0.2, -0.15) is 0 Å². The molecular weight excluding hydrogens is 437 g/mol. The number of nitrogens with zero attached hydrogens (tertiary/aromatic N) is 3. The summed E-state index contributed by atoms with van der Waals surface area (Å²) in [5.41, 5.74) is 1.06. The zero-order chi connectivity index (χ0) is 22.1. The highest BCUT2D eigenvalue weighted by Crippen LogP contribution is 2.36. The van der Waals surface area contributed by atoms with Gasteiger partial charge >= 0.3 is 6.03 Å². The number of amides is 3. The summed E-state index contributed by atoms with van der Waals surface area (Å²) >= 11 is 1.15. The van der Waals surface area contributed by atoms with Crippen molar-refractivity contribution in [2.24, 2.45) is 0 Å². The van der Waals surface area contributed by atoms with Gasteiger partial charge in [0.1, 0.15) is 10.8 Å². The zero-order valence-electron chi connectivity index (χ0n) is 16.7. The van der Waals surface area contributed by atoms with E-state index < -0.39 is 5.91 Å². The minimum atomic E-state index is -0.395. The molecule has 0 radical (unpaired) electrons. The van der Waals surface area contributed by atoms with Crippen LogP contribution in [0.1, 0.15) is 33.7 Å². The van der Waals surface area contributed by atoms with Gasteiger partial charge in [-0.3, -0.25) is 4.79 Å². The van der Waals surface area contributed by atoms with Crippen molar-refractivity contribution in [1.82, 2.24) is 15.1 Å². The lowest BCUT2D eigenvalue weighted by Gasteiger charge is -2.23. The number of ether oxygens (including phenoxy) is 2. The fourth-order valence-corrected chi connectivity index (χ4v) is 4.50. The number of halogens is 1. The number of nitrogens with one attached hydrogen (secondary N) is 2. The summed E-state index contributed by atoms with van der Waals surface area (Å²) in [5, 5.41) is 14.5. The lowest BCUT2D eigenvalue weighted by atomic mass is 10.2. The predicted octanol–water partition coefficient (Wildman–Crippen LogP) is 4.03. The van der Waals surface area contributed by atoms with E-state index in [4.69, 9.17) is 9.47 Å². The highest BCUT2D eigenvalue weighted by Gasteiger charge is 2.33. The molecule has 2 aliphatic rings. The molecule has 0 spiro atoms. The third-order valence-corrected chi connectivity index (χ3v) is 6.18. The Kier molecular flexibility index (Phi) is 5.31. The van der Waals surface area contributed by atoms with Crippen LogP contribution in [0.2, 0.25) is 0 Å². The van der Waals surface area contributed by atoms with E-state index in [2.05, 4.69) is 20.8 Å². The number of rotatable bonds is 4. The van der Waals surface area contributed by atoms with Crippen LogP contribution in [0.25, 0.3) is 0 Å². The van der Waals surface area contributed by atoms with Crippen LogP contribution in [0.4, 0.5) is 20.6 Å². The van der Waals surface area contributed by atoms with E-state index in [0.29, 0.717) is 34.4 Å². The Balaban J connectivity index is 1.26. The van der Waals surface area contributed by atoms with Crippen LogP contribution in [0.5, 0.6) is 11.5 Å². The van der Waals surface area contributed by atoms with Gasteiger partial charge in [-0.1, -0.05) is 11.3 Å². The quantitative estimate of drug-likeness (QED) is 0.615. The lowest BCUT2D eigenvalue weighted by Crippen LogP contribution is -2.34. The summed E-state index contributed by atoms with van der Waals surface area (Å²) in [6.07, 6.45) is 1.52. The molecule has 1 unspecified atom stereocenters. The second-order valence-corrected chi connectivity index (χ2v) is 8.27. The highest BCUT2D eigenvalue weighted by molar-refractivity contribution is 7.13. The van der Waals surface area contributed by atoms with E-state index in [1.165, 1.54) is 24.3 Å². The molecule has 32 heavy (non-hydrogen) atoms. The molecule has 0 aliphatic carbocycles. The molecule has 1 fully saturated rings. The summed E-state index contributed by atoms with van der Waals surface area (Å²) in [6, 6.07) is 10.1. The van der Waals surface area contributed by atoms with Crippen LogP contribution in [0.3, 0.4) is 0 Å². The molecular formula is C21H18FN5O4S. The first-order valence-corrected chi connectivity index (χ1v) is 10.8.